The Morgan fingerprint density at radius 3 is 2.75 bits per heavy atom. The van der Waals surface area contributed by atoms with Crippen LogP contribution in [0.25, 0.3) is 0 Å². The molecule has 2 aliphatic rings. The summed E-state index contributed by atoms with van der Waals surface area (Å²) in [6.45, 7) is 2.12. The minimum absolute atomic E-state index is 0.122. The normalized spacial score (nSPS) is 16.7. The molecule has 0 atom stereocenters. The summed E-state index contributed by atoms with van der Waals surface area (Å²) in [5.74, 6) is 1.91. The highest BCUT2D eigenvalue weighted by atomic mass is 32.2. The van der Waals surface area contributed by atoms with Gasteiger partial charge in [0.25, 0.3) is 0 Å². The maximum Gasteiger partial charge on any atom is 0.238 e. The molecule has 150 valence electrons. The minimum Gasteiger partial charge on any atom is -0.396 e. The van der Waals surface area contributed by atoms with Gasteiger partial charge in [-0.1, -0.05) is 6.07 Å². The molecule has 9 heteroatoms. The third kappa shape index (κ3) is 4.26. The predicted octanol–water partition coefficient (Wildman–Crippen LogP) is 1.36. The quantitative estimate of drug-likeness (QED) is 0.597. The molecule has 0 saturated heterocycles. The SMILES string of the molecule is NS(=O)(=O)c1ccc2c(c1)CN(c1cc(C3CC3)nc(NCCCO)n1)CC2. The van der Waals surface area contributed by atoms with Crippen molar-refractivity contribution in [3.8, 4) is 0 Å². The van der Waals surface area contributed by atoms with Gasteiger partial charge < -0.3 is 15.3 Å². The van der Waals surface area contributed by atoms with Crippen LogP contribution < -0.4 is 15.4 Å². The van der Waals surface area contributed by atoms with Crippen LogP contribution >= 0.6 is 0 Å². The number of nitrogens with one attached hydrogen (secondary N) is 1. The summed E-state index contributed by atoms with van der Waals surface area (Å²) in [6, 6.07) is 7.14. The molecular formula is C19H25N5O3S. The highest BCUT2D eigenvalue weighted by Crippen LogP contribution is 2.40. The molecule has 1 fully saturated rings. The van der Waals surface area contributed by atoms with Crippen LogP contribution in [0.15, 0.2) is 29.2 Å². The monoisotopic (exact) mass is 403 g/mol. The molecule has 0 amide bonds. The number of anilines is 2. The van der Waals surface area contributed by atoms with Gasteiger partial charge in [0.1, 0.15) is 5.82 Å². The third-order valence-electron chi connectivity index (χ3n) is 5.19. The molecule has 4 N–H and O–H groups in total. The predicted molar refractivity (Wildman–Crippen MR) is 107 cm³/mol. The molecule has 1 aliphatic heterocycles. The maximum atomic E-state index is 11.7. The topological polar surface area (TPSA) is 121 Å². The summed E-state index contributed by atoms with van der Waals surface area (Å²) < 4.78 is 23.4. The lowest BCUT2D eigenvalue weighted by molar-refractivity contribution is 0.292. The molecule has 2 aromatic rings. The fourth-order valence-corrected chi connectivity index (χ4v) is 4.03. The van der Waals surface area contributed by atoms with Crippen LogP contribution in [0.1, 0.15) is 42.0 Å². The van der Waals surface area contributed by atoms with Gasteiger partial charge in [-0.25, -0.2) is 18.5 Å². The van der Waals surface area contributed by atoms with Crippen molar-refractivity contribution >= 4 is 21.8 Å². The lowest BCUT2D eigenvalue weighted by Gasteiger charge is -2.30. The van der Waals surface area contributed by atoms with Crippen molar-refractivity contribution in [2.75, 3.05) is 29.9 Å². The van der Waals surface area contributed by atoms with Crippen LogP contribution in [-0.4, -0.2) is 43.2 Å². The van der Waals surface area contributed by atoms with E-state index in [1.165, 1.54) is 0 Å². The van der Waals surface area contributed by atoms with Gasteiger partial charge in [0.2, 0.25) is 16.0 Å². The molecule has 1 aromatic carbocycles. The van der Waals surface area contributed by atoms with E-state index in [0.717, 1.165) is 48.4 Å². The van der Waals surface area contributed by atoms with Crippen molar-refractivity contribution < 1.29 is 13.5 Å². The number of nitrogens with two attached hydrogens (primary N) is 1. The van der Waals surface area contributed by atoms with E-state index in [1.54, 1.807) is 12.1 Å². The summed E-state index contributed by atoms with van der Waals surface area (Å²) in [5.41, 5.74) is 3.14. The van der Waals surface area contributed by atoms with Crippen LogP contribution in [0.5, 0.6) is 0 Å². The molecule has 8 nitrogen and oxygen atoms in total. The van der Waals surface area contributed by atoms with Crippen LogP contribution in [0.4, 0.5) is 11.8 Å². The molecule has 1 aliphatic carbocycles. The summed E-state index contributed by atoms with van der Waals surface area (Å²) >= 11 is 0. The Hall–Kier alpha value is -2.23. The van der Waals surface area contributed by atoms with Gasteiger partial charge in [0.05, 0.1) is 10.6 Å². The second kappa shape index (κ2) is 7.65. The summed E-state index contributed by atoms with van der Waals surface area (Å²) in [4.78, 5) is 11.6. The zero-order valence-electron chi connectivity index (χ0n) is 15.6. The third-order valence-corrected chi connectivity index (χ3v) is 6.10. The van der Waals surface area contributed by atoms with Crippen molar-refractivity contribution in [1.29, 1.82) is 0 Å². The Morgan fingerprint density at radius 1 is 1.21 bits per heavy atom. The average Bonchev–Trinajstić information content (AvgIpc) is 3.52. The lowest BCUT2D eigenvalue weighted by Crippen LogP contribution is -2.31. The van der Waals surface area contributed by atoms with Crippen LogP contribution in [0.2, 0.25) is 0 Å². The Balaban J connectivity index is 1.60. The number of benzene rings is 1. The molecular weight excluding hydrogens is 378 g/mol. The Bertz CT molecular complexity index is 976. The molecule has 0 unspecified atom stereocenters. The van der Waals surface area contributed by atoms with Gasteiger partial charge in [-0.05, 0) is 48.9 Å². The number of sulfonamides is 1. The largest absolute Gasteiger partial charge is 0.396 e. The van der Waals surface area contributed by atoms with E-state index >= 15 is 0 Å². The van der Waals surface area contributed by atoms with Crippen molar-refractivity contribution in [1.82, 2.24) is 9.97 Å². The lowest BCUT2D eigenvalue weighted by atomic mass is 10.00. The molecule has 28 heavy (non-hydrogen) atoms. The number of hydrogen-bond acceptors (Lipinski definition) is 7. The number of aliphatic hydroxyl groups excluding tert-OH is 1. The fourth-order valence-electron chi connectivity index (χ4n) is 3.47. The second-order valence-corrected chi connectivity index (χ2v) is 8.96. The number of hydrogen-bond donors (Lipinski definition) is 3. The Labute approximate surface area is 164 Å². The summed E-state index contributed by atoms with van der Waals surface area (Å²) in [6.07, 6.45) is 3.75. The number of nitrogens with zero attached hydrogens (tertiary/aromatic N) is 3. The molecule has 1 aromatic heterocycles. The van der Waals surface area contributed by atoms with Gasteiger partial charge in [-0.2, -0.15) is 4.98 Å². The highest BCUT2D eigenvalue weighted by molar-refractivity contribution is 7.89. The standard InChI is InChI=1S/C19H25N5O3S/c20-28(26,27)16-5-4-13-6-8-24(12-15(13)10-16)18-11-17(14-2-3-14)22-19(23-18)21-7-1-9-25/h4-5,10-11,14,25H,1-3,6-9,12H2,(H2,20,26,27)(H,21,22,23). The van der Waals surface area contributed by atoms with Crippen LogP contribution in [-0.2, 0) is 23.0 Å². The molecule has 1 saturated carbocycles. The number of rotatable bonds is 7. The first-order valence-corrected chi connectivity index (χ1v) is 11.1. The van der Waals surface area contributed by atoms with E-state index in [9.17, 15) is 8.42 Å². The van der Waals surface area contributed by atoms with Crippen molar-refractivity contribution in [3.05, 3.63) is 41.1 Å². The average molecular weight is 404 g/mol. The number of primary sulfonamides is 1. The molecule has 0 radical (unpaired) electrons. The van der Waals surface area contributed by atoms with Gasteiger partial charge in [0, 0.05) is 38.2 Å². The van der Waals surface area contributed by atoms with Crippen molar-refractivity contribution in [2.24, 2.45) is 5.14 Å². The maximum absolute atomic E-state index is 11.7. The van der Waals surface area contributed by atoms with E-state index in [-0.39, 0.29) is 11.5 Å². The van der Waals surface area contributed by atoms with Gasteiger partial charge in [0.15, 0.2) is 0 Å². The van der Waals surface area contributed by atoms with E-state index in [4.69, 9.17) is 10.2 Å². The first kappa shape index (κ1) is 19.1. The van der Waals surface area contributed by atoms with Crippen molar-refractivity contribution in [3.63, 3.8) is 0 Å². The van der Waals surface area contributed by atoms with E-state index < -0.39 is 10.0 Å². The summed E-state index contributed by atoms with van der Waals surface area (Å²) in [5, 5.41) is 17.5. The van der Waals surface area contributed by atoms with E-state index in [1.807, 2.05) is 12.1 Å². The van der Waals surface area contributed by atoms with Gasteiger partial charge >= 0.3 is 0 Å². The number of aromatic nitrogens is 2. The Kier molecular flexibility index (Phi) is 5.22. The minimum atomic E-state index is -3.72. The van der Waals surface area contributed by atoms with Crippen LogP contribution in [0.3, 0.4) is 0 Å². The number of aliphatic hydroxyl groups is 1. The summed E-state index contributed by atoms with van der Waals surface area (Å²) in [7, 11) is -3.72. The zero-order valence-corrected chi connectivity index (χ0v) is 16.5. The van der Waals surface area contributed by atoms with E-state index in [0.29, 0.717) is 31.4 Å². The molecule has 0 bridgehead atoms. The first-order chi connectivity index (χ1) is 13.4. The number of fused-ring (bicyclic) bond motifs is 1. The fraction of sp³-hybridized carbons (Fsp3) is 0.474. The molecule has 2 heterocycles. The molecule has 0 spiro atoms. The second-order valence-electron chi connectivity index (χ2n) is 7.40. The van der Waals surface area contributed by atoms with E-state index in [2.05, 4.69) is 20.2 Å². The molecule has 4 rings (SSSR count). The van der Waals surface area contributed by atoms with Crippen LogP contribution in [0, 0.1) is 0 Å². The first-order valence-electron chi connectivity index (χ1n) is 9.57. The van der Waals surface area contributed by atoms with Gasteiger partial charge in [-0.15, -0.1) is 0 Å². The smallest absolute Gasteiger partial charge is 0.238 e. The van der Waals surface area contributed by atoms with Gasteiger partial charge in [-0.3, -0.25) is 0 Å². The highest BCUT2D eigenvalue weighted by Gasteiger charge is 2.28. The zero-order chi connectivity index (χ0) is 19.7. The Morgan fingerprint density at radius 2 is 2.04 bits per heavy atom. The van der Waals surface area contributed by atoms with Crippen molar-refractivity contribution in [2.45, 2.75) is 43.0 Å².